The molecule has 2 N–H and O–H groups in total. The van der Waals surface area contributed by atoms with Crippen LogP contribution in [0.25, 0.3) is 0 Å². The predicted molar refractivity (Wildman–Crippen MR) is 66.2 cm³/mol. The summed E-state index contributed by atoms with van der Waals surface area (Å²) < 4.78 is 17.4. The first-order valence-electron chi connectivity index (χ1n) is 3.73. The van der Waals surface area contributed by atoms with Crippen LogP contribution in [0.15, 0.2) is 0 Å². The lowest BCUT2D eigenvalue weighted by Crippen LogP contribution is -2.08. The van der Waals surface area contributed by atoms with Gasteiger partial charge in [-0.2, -0.15) is 8.42 Å². The Labute approximate surface area is 109 Å². The van der Waals surface area contributed by atoms with E-state index in [4.69, 9.17) is 18.9 Å². The van der Waals surface area contributed by atoms with Crippen LogP contribution in [0.5, 0.6) is 0 Å². The van der Waals surface area contributed by atoms with Gasteiger partial charge in [0, 0.05) is 21.4 Å². The minimum Gasteiger partial charge on any atom is -0.330 e. The molecule has 0 fully saturated rings. The van der Waals surface area contributed by atoms with Crippen molar-refractivity contribution < 1.29 is 13.2 Å². The third kappa shape index (κ3) is 106. The van der Waals surface area contributed by atoms with E-state index < -0.39 is 13.0 Å². The average Bonchev–Trinajstić information content (AvgIpc) is 1.99. The van der Waals surface area contributed by atoms with Crippen molar-refractivity contribution in [3.63, 3.8) is 0 Å². The van der Waals surface area contributed by atoms with Gasteiger partial charge in [0.25, 0.3) is 0 Å². The van der Waals surface area contributed by atoms with Crippen molar-refractivity contribution in [2.24, 2.45) is 11.7 Å². The Bertz CT molecular complexity index is 229. The van der Waals surface area contributed by atoms with Crippen molar-refractivity contribution in [3.8, 4) is 0 Å². The summed E-state index contributed by atoms with van der Waals surface area (Å²) in [7, 11) is 4.81. The quantitative estimate of drug-likeness (QED) is 0.792. The second-order valence-electron chi connectivity index (χ2n) is 2.35. The highest BCUT2D eigenvalue weighted by Gasteiger charge is 1.89. The maximum absolute atomic E-state index is 9.16. The van der Waals surface area contributed by atoms with Gasteiger partial charge in [-0.05, 0) is 35.7 Å². The molecule has 0 rings (SSSR count). The van der Waals surface area contributed by atoms with Crippen LogP contribution in [-0.2, 0) is 8.26 Å². The summed E-state index contributed by atoms with van der Waals surface area (Å²) in [5.41, 5.74) is 5.28. The predicted octanol–water partition coefficient (Wildman–Crippen LogP) is 3.28. The SMILES string of the molecule is CCC(C)CN.O=C(Cl)Cl.O=S(=O)(Cl)Cl. The van der Waals surface area contributed by atoms with Crippen LogP contribution in [-0.4, -0.2) is 19.7 Å². The normalized spacial score (nSPS) is 11.4. The Hall–Kier alpha value is 0.740. The van der Waals surface area contributed by atoms with E-state index in [1.165, 1.54) is 6.42 Å². The zero-order chi connectivity index (χ0) is 13.1. The van der Waals surface area contributed by atoms with E-state index in [1.807, 2.05) is 0 Å². The lowest BCUT2D eigenvalue weighted by molar-refractivity contribution is 0.275. The van der Waals surface area contributed by atoms with Crippen LogP contribution in [0.4, 0.5) is 4.79 Å². The Morgan fingerprint density at radius 3 is 1.53 bits per heavy atom. The third-order valence-corrected chi connectivity index (χ3v) is 1.10. The first kappa shape index (κ1) is 21.1. The van der Waals surface area contributed by atoms with Crippen LogP contribution in [0.2, 0.25) is 0 Å². The van der Waals surface area contributed by atoms with Crippen LogP contribution < -0.4 is 5.73 Å². The van der Waals surface area contributed by atoms with Crippen molar-refractivity contribution in [2.45, 2.75) is 20.3 Å². The molecule has 0 aliphatic heterocycles. The van der Waals surface area contributed by atoms with Crippen molar-refractivity contribution >= 4 is 57.5 Å². The van der Waals surface area contributed by atoms with Crippen molar-refractivity contribution in [1.29, 1.82) is 0 Å². The number of carbonyl (C=O) groups is 1. The molecular weight excluding hydrogens is 308 g/mol. The standard InChI is InChI=1S/C5H13N.CCl2O.Cl2O2S/c1-3-5(2)4-6;2-1(3)4;1-5(2,3)4/h5H,3-4,6H2,1-2H3;;. The first-order valence-corrected chi connectivity index (χ1v) is 7.62. The minimum absolute atomic E-state index is 0.713. The molecule has 9 heteroatoms. The fourth-order valence-corrected chi connectivity index (χ4v) is 0.167. The van der Waals surface area contributed by atoms with Gasteiger partial charge >= 0.3 is 13.0 Å². The van der Waals surface area contributed by atoms with E-state index in [0.29, 0.717) is 5.92 Å². The van der Waals surface area contributed by atoms with E-state index in [1.54, 1.807) is 0 Å². The van der Waals surface area contributed by atoms with Crippen LogP contribution in [0, 0.1) is 5.92 Å². The van der Waals surface area contributed by atoms with Gasteiger partial charge in [-0.15, -0.1) is 0 Å². The molecule has 0 aromatic rings. The highest BCUT2D eigenvalue weighted by molar-refractivity contribution is 8.31. The largest absolute Gasteiger partial charge is 0.330 e. The lowest BCUT2D eigenvalue weighted by Gasteiger charge is -1.98. The summed E-state index contributed by atoms with van der Waals surface area (Å²) in [5, 5.41) is 0. The van der Waals surface area contributed by atoms with Crippen LogP contribution >= 0.6 is 44.6 Å². The Kier molecular flexibility index (Phi) is 18.0. The number of carbonyl (C=O) groups excluding carboxylic acids is 1. The molecule has 0 aromatic heterocycles. The fraction of sp³-hybridized carbons (Fsp3) is 0.833. The van der Waals surface area contributed by atoms with Gasteiger partial charge in [0.05, 0.1) is 0 Å². The zero-order valence-corrected chi connectivity index (χ0v) is 12.1. The molecule has 0 amide bonds. The van der Waals surface area contributed by atoms with Gasteiger partial charge in [0.1, 0.15) is 0 Å². The highest BCUT2D eigenvalue weighted by Crippen LogP contribution is 1.98. The summed E-state index contributed by atoms with van der Waals surface area (Å²) in [6.07, 6.45) is 1.20. The van der Waals surface area contributed by atoms with Crippen LogP contribution in [0.1, 0.15) is 20.3 Å². The number of rotatable bonds is 2. The number of hydrogen-bond donors (Lipinski definition) is 1. The molecule has 1 unspecified atom stereocenters. The monoisotopic (exact) mass is 319 g/mol. The second kappa shape index (κ2) is 12.8. The van der Waals surface area contributed by atoms with Crippen molar-refractivity contribution in [1.82, 2.24) is 0 Å². The summed E-state index contributed by atoms with van der Waals surface area (Å²) >= 11 is 8.80. The molecule has 0 bridgehead atoms. The van der Waals surface area contributed by atoms with Gasteiger partial charge in [-0.1, -0.05) is 20.3 Å². The molecule has 0 saturated carbocycles. The maximum Gasteiger partial charge on any atom is 0.317 e. The topological polar surface area (TPSA) is 77.2 Å². The molecule has 0 saturated heterocycles. The molecular formula is C6H13Cl4NO3S. The summed E-state index contributed by atoms with van der Waals surface area (Å²) in [4.78, 5) is 8.98. The second-order valence-corrected chi connectivity index (χ2v) is 6.90. The fourth-order valence-electron chi connectivity index (χ4n) is 0.167. The molecule has 15 heavy (non-hydrogen) atoms. The molecule has 4 nitrogen and oxygen atoms in total. The maximum atomic E-state index is 9.16. The first-order chi connectivity index (χ1) is 6.54. The summed E-state index contributed by atoms with van der Waals surface area (Å²) in [5.74, 6) is 0.713. The number of hydrogen-bond acceptors (Lipinski definition) is 4. The van der Waals surface area contributed by atoms with Gasteiger partial charge < -0.3 is 5.73 Å². The van der Waals surface area contributed by atoms with E-state index in [-0.39, 0.29) is 0 Å². The molecule has 0 aromatic carbocycles. The van der Waals surface area contributed by atoms with E-state index in [9.17, 15) is 0 Å². The molecule has 1 atom stereocenters. The molecule has 0 radical (unpaired) electrons. The number of halogens is 4. The minimum atomic E-state index is -3.72. The van der Waals surface area contributed by atoms with Crippen molar-refractivity contribution in [3.05, 3.63) is 0 Å². The van der Waals surface area contributed by atoms with E-state index >= 15 is 0 Å². The number of nitrogens with two attached hydrogens (primary N) is 1. The van der Waals surface area contributed by atoms with Gasteiger partial charge in [-0.3, -0.25) is 4.79 Å². The Balaban J connectivity index is -0.000000147. The molecule has 0 heterocycles. The van der Waals surface area contributed by atoms with Crippen LogP contribution in [0.3, 0.4) is 0 Å². The average molecular weight is 321 g/mol. The molecule has 0 aliphatic rings. The summed E-state index contributed by atoms with van der Waals surface area (Å²) in [6, 6.07) is 0. The smallest absolute Gasteiger partial charge is 0.317 e. The van der Waals surface area contributed by atoms with Gasteiger partial charge in [0.15, 0.2) is 0 Å². The third-order valence-electron chi connectivity index (χ3n) is 1.10. The molecule has 0 aliphatic carbocycles. The van der Waals surface area contributed by atoms with Gasteiger partial charge in [0.2, 0.25) is 0 Å². The van der Waals surface area contributed by atoms with Crippen molar-refractivity contribution in [2.75, 3.05) is 6.54 Å². The van der Waals surface area contributed by atoms with E-state index in [2.05, 4.69) is 58.4 Å². The summed E-state index contributed by atoms with van der Waals surface area (Å²) in [6.45, 7) is 5.13. The lowest BCUT2D eigenvalue weighted by atomic mass is 10.1. The highest BCUT2D eigenvalue weighted by atomic mass is 36.0. The zero-order valence-electron chi connectivity index (χ0n) is 8.21. The Morgan fingerprint density at radius 1 is 1.33 bits per heavy atom. The Morgan fingerprint density at radius 2 is 1.53 bits per heavy atom. The molecule has 94 valence electrons. The molecule has 0 spiro atoms. The van der Waals surface area contributed by atoms with Gasteiger partial charge in [-0.25, -0.2) is 0 Å². The van der Waals surface area contributed by atoms with E-state index in [0.717, 1.165) is 6.54 Å².